The molecule has 1 saturated carbocycles. The number of rotatable bonds is 9. The zero-order chi connectivity index (χ0) is 25.8. The maximum Gasteiger partial charge on any atom is 0.490 e. The van der Waals surface area contributed by atoms with E-state index in [1.807, 2.05) is 35.2 Å². The van der Waals surface area contributed by atoms with Gasteiger partial charge in [0.2, 0.25) is 0 Å². The topological polar surface area (TPSA) is 91.8 Å². The van der Waals surface area contributed by atoms with Crippen molar-refractivity contribution in [2.24, 2.45) is 0 Å². The number of nitrogens with one attached hydrogen (secondary N) is 1. The van der Waals surface area contributed by atoms with E-state index in [1.165, 1.54) is 12.8 Å². The van der Waals surface area contributed by atoms with Gasteiger partial charge in [0.15, 0.2) is 0 Å². The van der Waals surface area contributed by atoms with Gasteiger partial charge in [-0.2, -0.15) is 13.2 Å². The predicted octanol–water partition coefficient (Wildman–Crippen LogP) is 5.54. The summed E-state index contributed by atoms with van der Waals surface area (Å²) in [5.74, 6) is -2.04. The van der Waals surface area contributed by atoms with Crippen LogP contribution in [-0.4, -0.2) is 58.8 Å². The number of pyridine rings is 1. The lowest BCUT2D eigenvalue weighted by molar-refractivity contribution is -0.192. The third kappa shape index (κ3) is 9.59. The van der Waals surface area contributed by atoms with Crippen LogP contribution in [0.5, 0.6) is 5.75 Å². The van der Waals surface area contributed by atoms with Crippen molar-refractivity contribution in [1.29, 1.82) is 0 Å². The van der Waals surface area contributed by atoms with Crippen LogP contribution in [0.4, 0.5) is 18.9 Å². The number of aliphatic carboxylic acids is 1. The first kappa shape index (κ1) is 28.2. The molecule has 1 heterocycles. The van der Waals surface area contributed by atoms with Gasteiger partial charge < -0.3 is 20.1 Å². The number of hydrogen-bond donors (Lipinski definition) is 2. The number of benzene rings is 1. The van der Waals surface area contributed by atoms with Gasteiger partial charge in [-0.25, -0.2) is 4.79 Å². The van der Waals surface area contributed by atoms with Crippen LogP contribution in [0.1, 0.15) is 36.0 Å². The van der Waals surface area contributed by atoms with Crippen LogP contribution >= 0.6 is 15.9 Å². The van der Waals surface area contributed by atoms with Gasteiger partial charge in [0, 0.05) is 47.2 Å². The molecule has 0 unspecified atom stereocenters. The summed E-state index contributed by atoms with van der Waals surface area (Å²) < 4.78 is 38.4. The quantitative estimate of drug-likeness (QED) is 0.310. The number of aromatic nitrogens is 1. The van der Waals surface area contributed by atoms with Gasteiger partial charge in [-0.3, -0.25) is 9.78 Å². The van der Waals surface area contributed by atoms with E-state index in [9.17, 15) is 18.0 Å². The Morgan fingerprint density at radius 1 is 1.23 bits per heavy atom. The van der Waals surface area contributed by atoms with E-state index >= 15 is 0 Å². The van der Waals surface area contributed by atoms with Crippen molar-refractivity contribution in [3.05, 3.63) is 65.4 Å². The minimum atomic E-state index is -5.08. The van der Waals surface area contributed by atoms with Gasteiger partial charge in [-0.05, 0) is 43.2 Å². The highest BCUT2D eigenvalue weighted by molar-refractivity contribution is 9.10. The summed E-state index contributed by atoms with van der Waals surface area (Å²) in [7, 11) is 0. The Labute approximate surface area is 210 Å². The number of ether oxygens (including phenoxy) is 1. The Bertz CT molecular complexity index is 984. The van der Waals surface area contributed by atoms with Gasteiger partial charge in [0.05, 0.1) is 0 Å². The second-order valence-corrected chi connectivity index (χ2v) is 8.59. The highest BCUT2D eigenvalue weighted by Crippen LogP contribution is 2.27. The molecule has 1 aliphatic carbocycles. The molecule has 1 aromatic heterocycles. The van der Waals surface area contributed by atoms with Crippen LogP contribution in [0.3, 0.4) is 0 Å². The van der Waals surface area contributed by atoms with E-state index in [1.54, 1.807) is 18.5 Å². The Balaban J connectivity index is 0.000000540. The molecule has 1 aliphatic rings. The van der Waals surface area contributed by atoms with E-state index in [2.05, 4.69) is 32.8 Å². The number of hydrogen-bond acceptors (Lipinski definition) is 5. The molecule has 11 heteroatoms. The molecule has 7 nitrogen and oxygen atoms in total. The lowest BCUT2D eigenvalue weighted by atomic mass is 10.1. The van der Waals surface area contributed by atoms with Crippen LogP contribution in [0, 0.1) is 0 Å². The number of alkyl halides is 3. The van der Waals surface area contributed by atoms with Crippen LogP contribution in [0.15, 0.2) is 59.9 Å². The number of amides is 1. The Hall–Kier alpha value is -3.08. The second kappa shape index (κ2) is 13.7. The number of carbonyl (C=O) groups is 2. The number of carbonyl (C=O) groups excluding carboxylic acids is 1. The summed E-state index contributed by atoms with van der Waals surface area (Å²) in [5.41, 5.74) is 1.64. The number of carboxylic acid groups (broad SMARTS) is 1. The molecule has 0 aliphatic heterocycles. The van der Waals surface area contributed by atoms with Gasteiger partial charge in [-0.15, -0.1) is 6.58 Å². The summed E-state index contributed by atoms with van der Waals surface area (Å²) >= 11 is 3.51. The van der Waals surface area contributed by atoms with Crippen molar-refractivity contribution in [1.82, 2.24) is 9.88 Å². The van der Waals surface area contributed by atoms with E-state index in [-0.39, 0.29) is 5.91 Å². The fourth-order valence-electron chi connectivity index (χ4n) is 3.52. The van der Waals surface area contributed by atoms with E-state index in [0.29, 0.717) is 37.1 Å². The maximum absolute atomic E-state index is 13.1. The first-order chi connectivity index (χ1) is 16.6. The van der Waals surface area contributed by atoms with Gasteiger partial charge >= 0.3 is 12.1 Å². The maximum atomic E-state index is 13.1. The average molecular weight is 558 g/mol. The van der Waals surface area contributed by atoms with Crippen molar-refractivity contribution in [2.45, 2.75) is 37.9 Å². The molecule has 0 bridgehead atoms. The first-order valence-electron chi connectivity index (χ1n) is 10.9. The Kier molecular flexibility index (Phi) is 11.0. The van der Waals surface area contributed by atoms with Gasteiger partial charge in [0.1, 0.15) is 12.4 Å². The highest BCUT2D eigenvalue weighted by atomic mass is 79.9. The van der Waals surface area contributed by atoms with E-state index in [0.717, 1.165) is 23.0 Å². The van der Waals surface area contributed by atoms with Crippen molar-refractivity contribution >= 4 is 33.5 Å². The monoisotopic (exact) mass is 557 g/mol. The van der Waals surface area contributed by atoms with Crippen molar-refractivity contribution in [3.63, 3.8) is 0 Å². The molecule has 0 saturated heterocycles. The van der Waals surface area contributed by atoms with Gasteiger partial charge in [0.25, 0.3) is 5.91 Å². The fraction of sp³-hybridized carbons (Fsp3) is 0.375. The lowest BCUT2D eigenvalue weighted by Gasteiger charge is -2.28. The molecule has 0 spiro atoms. The summed E-state index contributed by atoms with van der Waals surface area (Å²) in [6.07, 6.45) is 4.71. The predicted molar refractivity (Wildman–Crippen MR) is 130 cm³/mol. The number of carboxylic acids is 1. The van der Waals surface area contributed by atoms with Crippen molar-refractivity contribution < 1.29 is 32.6 Å². The molecule has 2 aromatic rings. The lowest BCUT2D eigenvalue weighted by Crippen LogP contribution is -2.38. The first-order valence-corrected chi connectivity index (χ1v) is 11.7. The molecule has 35 heavy (non-hydrogen) atoms. The number of nitrogens with zero attached hydrogens (tertiary/aromatic N) is 2. The standard InChI is InChI=1S/C22H26BrN3O2.C2HF3O2/c1-2-12-26(20-5-3-4-6-20)22(27)17-14-18(23)16-21(15-17)28-13-11-25-19-7-9-24-10-8-19;3-2(4,5)1(6)7/h2,7-10,14-16,20H,1,3-6,11-13H2,(H,24,25);(H,6,7). The molecular formula is C24H27BrF3N3O4. The third-order valence-corrected chi connectivity index (χ3v) is 5.55. The molecule has 1 aromatic carbocycles. The normalized spacial score (nSPS) is 13.4. The summed E-state index contributed by atoms with van der Waals surface area (Å²) in [5, 5.41) is 10.4. The van der Waals surface area contributed by atoms with Crippen molar-refractivity contribution in [2.75, 3.05) is 25.0 Å². The minimum absolute atomic E-state index is 0.0351. The van der Waals surface area contributed by atoms with Crippen LogP contribution < -0.4 is 10.1 Å². The molecule has 0 radical (unpaired) electrons. The molecule has 0 atom stereocenters. The molecule has 190 valence electrons. The van der Waals surface area contributed by atoms with Crippen LogP contribution in [-0.2, 0) is 4.79 Å². The minimum Gasteiger partial charge on any atom is -0.492 e. The molecule has 3 rings (SSSR count). The van der Waals surface area contributed by atoms with Crippen LogP contribution in [0.25, 0.3) is 0 Å². The Morgan fingerprint density at radius 3 is 2.43 bits per heavy atom. The van der Waals surface area contributed by atoms with E-state index < -0.39 is 12.1 Å². The fourth-order valence-corrected chi connectivity index (χ4v) is 3.99. The summed E-state index contributed by atoms with van der Waals surface area (Å²) in [6.45, 7) is 5.54. The average Bonchev–Trinajstić information content (AvgIpc) is 3.35. The highest BCUT2D eigenvalue weighted by Gasteiger charge is 2.38. The third-order valence-electron chi connectivity index (χ3n) is 5.09. The SMILES string of the molecule is C=CCN(C(=O)c1cc(Br)cc(OCCNc2ccncc2)c1)C1CCCC1.O=C(O)C(F)(F)F. The second-order valence-electron chi connectivity index (χ2n) is 7.67. The largest absolute Gasteiger partial charge is 0.492 e. The van der Waals surface area contributed by atoms with Gasteiger partial charge in [-0.1, -0.05) is 34.8 Å². The zero-order valence-electron chi connectivity index (χ0n) is 18.9. The summed E-state index contributed by atoms with van der Waals surface area (Å²) in [6, 6.07) is 9.69. The zero-order valence-corrected chi connectivity index (χ0v) is 20.5. The van der Waals surface area contributed by atoms with E-state index in [4.69, 9.17) is 14.6 Å². The molecule has 1 fully saturated rings. The number of halogens is 4. The molecule has 2 N–H and O–H groups in total. The molecular weight excluding hydrogens is 531 g/mol. The van der Waals surface area contributed by atoms with Crippen LogP contribution in [0.2, 0.25) is 0 Å². The summed E-state index contributed by atoms with van der Waals surface area (Å²) in [4.78, 5) is 28.0. The Morgan fingerprint density at radius 2 is 1.86 bits per heavy atom. The number of anilines is 1. The van der Waals surface area contributed by atoms with Crippen molar-refractivity contribution in [3.8, 4) is 5.75 Å². The smallest absolute Gasteiger partial charge is 0.490 e. The molecule has 1 amide bonds.